The highest BCUT2D eigenvalue weighted by molar-refractivity contribution is 5.05. The van der Waals surface area contributed by atoms with Crippen molar-refractivity contribution in [2.75, 3.05) is 13.1 Å². The fourth-order valence-electron chi connectivity index (χ4n) is 3.34. The standard InChI is InChI=1S/C18H31N3/c1-14(2)10-16-13-21(12-15-8-6-7-9-19-15)17(11-20-16)18(3,4)5/h6-9,14,16-17,20H,10-13H2,1-5H3. The van der Waals surface area contributed by atoms with E-state index in [0.717, 1.165) is 25.6 Å². The normalized spacial score (nSPS) is 24.5. The highest BCUT2D eigenvalue weighted by Gasteiger charge is 2.35. The van der Waals surface area contributed by atoms with Gasteiger partial charge in [-0.2, -0.15) is 0 Å². The Morgan fingerprint density at radius 3 is 2.67 bits per heavy atom. The first-order chi connectivity index (χ1) is 9.86. The Balaban J connectivity index is 2.09. The summed E-state index contributed by atoms with van der Waals surface area (Å²) in [5.41, 5.74) is 1.46. The molecule has 2 atom stereocenters. The van der Waals surface area contributed by atoms with Crippen molar-refractivity contribution >= 4 is 0 Å². The molecule has 1 saturated heterocycles. The first kappa shape index (κ1) is 16.4. The van der Waals surface area contributed by atoms with Crippen LogP contribution in [0.25, 0.3) is 0 Å². The highest BCUT2D eigenvalue weighted by Crippen LogP contribution is 2.28. The molecule has 21 heavy (non-hydrogen) atoms. The van der Waals surface area contributed by atoms with Crippen LogP contribution in [-0.4, -0.2) is 35.1 Å². The molecule has 1 aromatic heterocycles. The molecule has 1 aliphatic rings. The van der Waals surface area contributed by atoms with Crippen molar-refractivity contribution in [2.24, 2.45) is 11.3 Å². The summed E-state index contributed by atoms with van der Waals surface area (Å²) in [5.74, 6) is 0.741. The second-order valence-electron chi connectivity index (χ2n) is 7.87. The van der Waals surface area contributed by atoms with Crippen molar-refractivity contribution in [3.05, 3.63) is 30.1 Å². The predicted octanol–water partition coefficient (Wildman–Crippen LogP) is 3.32. The third-order valence-electron chi connectivity index (χ3n) is 4.34. The lowest BCUT2D eigenvalue weighted by atomic mass is 9.83. The average Bonchev–Trinajstić information content (AvgIpc) is 2.38. The maximum Gasteiger partial charge on any atom is 0.0544 e. The van der Waals surface area contributed by atoms with Gasteiger partial charge in [0.15, 0.2) is 0 Å². The van der Waals surface area contributed by atoms with Crippen LogP contribution in [0.1, 0.15) is 46.7 Å². The molecule has 0 radical (unpaired) electrons. The van der Waals surface area contributed by atoms with Gasteiger partial charge in [-0.25, -0.2) is 0 Å². The minimum Gasteiger partial charge on any atom is -0.311 e. The summed E-state index contributed by atoms with van der Waals surface area (Å²) >= 11 is 0. The summed E-state index contributed by atoms with van der Waals surface area (Å²) in [6.45, 7) is 14.8. The summed E-state index contributed by atoms with van der Waals surface area (Å²) in [4.78, 5) is 7.14. The van der Waals surface area contributed by atoms with Gasteiger partial charge in [0.2, 0.25) is 0 Å². The van der Waals surface area contributed by atoms with Gasteiger partial charge >= 0.3 is 0 Å². The van der Waals surface area contributed by atoms with Crippen LogP contribution < -0.4 is 5.32 Å². The Hall–Kier alpha value is -0.930. The van der Waals surface area contributed by atoms with Crippen molar-refractivity contribution < 1.29 is 0 Å². The van der Waals surface area contributed by atoms with Gasteiger partial charge in [-0.1, -0.05) is 40.7 Å². The van der Waals surface area contributed by atoms with Crippen LogP contribution in [0.5, 0.6) is 0 Å². The molecule has 1 aliphatic heterocycles. The highest BCUT2D eigenvalue weighted by atomic mass is 15.2. The molecule has 3 heteroatoms. The van der Waals surface area contributed by atoms with Crippen LogP contribution in [-0.2, 0) is 6.54 Å². The number of aromatic nitrogens is 1. The first-order valence-electron chi connectivity index (χ1n) is 8.23. The van der Waals surface area contributed by atoms with Crippen LogP contribution in [0.4, 0.5) is 0 Å². The monoisotopic (exact) mass is 289 g/mol. The van der Waals surface area contributed by atoms with Crippen LogP contribution in [0, 0.1) is 11.3 Å². The van der Waals surface area contributed by atoms with Crippen molar-refractivity contribution in [3.8, 4) is 0 Å². The smallest absolute Gasteiger partial charge is 0.0544 e. The minimum atomic E-state index is 0.282. The number of hydrogen-bond donors (Lipinski definition) is 1. The van der Waals surface area contributed by atoms with E-state index in [1.807, 2.05) is 12.3 Å². The number of rotatable bonds is 4. The lowest BCUT2D eigenvalue weighted by Crippen LogP contribution is -2.60. The summed E-state index contributed by atoms with van der Waals surface area (Å²) < 4.78 is 0. The lowest BCUT2D eigenvalue weighted by Gasteiger charge is -2.46. The van der Waals surface area contributed by atoms with E-state index in [0.29, 0.717) is 12.1 Å². The van der Waals surface area contributed by atoms with Gasteiger partial charge in [0.05, 0.1) is 5.69 Å². The second-order valence-corrected chi connectivity index (χ2v) is 7.87. The molecule has 2 heterocycles. The molecule has 0 saturated carbocycles. The molecular formula is C18H31N3. The summed E-state index contributed by atoms with van der Waals surface area (Å²) in [6.07, 6.45) is 3.14. The molecule has 0 aliphatic carbocycles. The minimum absolute atomic E-state index is 0.282. The van der Waals surface area contributed by atoms with E-state index in [1.165, 1.54) is 12.1 Å². The molecule has 1 N–H and O–H groups in total. The van der Waals surface area contributed by atoms with Crippen molar-refractivity contribution in [2.45, 2.75) is 59.7 Å². The van der Waals surface area contributed by atoms with E-state index in [1.54, 1.807) is 0 Å². The van der Waals surface area contributed by atoms with Gasteiger partial charge in [-0.15, -0.1) is 0 Å². The lowest BCUT2D eigenvalue weighted by molar-refractivity contribution is 0.0443. The topological polar surface area (TPSA) is 28.2 Å². The van der Waals surface area contributed by atoms with E-state index in [2.05, 4.69) is 62.0 Å². The quantitative estimate of drug-likeness (QED) is 0.921. The Kier molecular flexibility index (Phi) is 5.39. The van der Waals surface area contributed by atoms with Crippen molar-refractivity contribution in [1.82, 2.24) is 15.2 Å². The fraction of sp³-hybridized carbons (Fsp3) is 0.722. The number of hydrogen-bond acceptors (Lipinski definition) is 3. The summed E-state index contributed by atoms with van der Waals surface area (Å²) in [6, 6.07) is 7.38. The molecule has 1 aromatic rings. The summed E-state index contributed by atoms with van der Waals surface area (Å²) in [7, 11) is 0. The van der Waals surface area contributed by atoms with Gasteiger partial charge in [0.1, 0.15) is 0 Å². The third-order valence-corrected chi connectivity index (χ3v) is 4.34. The Morgan fingerprint density at radius 1 is 1.33 bits per heavy atom. The van der Waals surface area contributed by atoms with Gasteiger partial charge in [-0.3, -0.25) is 9.88 Å². The molecule has 0 spiro atoms. The maximum absolute atomic E-state index is 4.51. The predicted molar refractivity (Wildman–Crippen MR) is 89.1 cm³/mol. The molecular weight excluding hydrogens is 258 g/mol. The van der Waals surface area contributed by atoms with Crippen LogP contribution in [0.3, 0.4) is 0 Å². The van der Waals surface area contributed by atoms with Gasteiger partial charge < -0.3 is 5.32 Å². The van der Waals surface area contributed by atoms with Gasteiger partial charge in [-0.05, 0) is 29.9 Å². The Labute approximate surface area is 130 Å². The molecule has 2 unspecified atom stereocenters. The number of piperazine rings is 1. The maximum atomic E-state index is 4.51. The van der Waals surface area contributed by atoms with Crippen molar-refractivity contribution in [3.63, 3.8) is 0 Å². The third kappa shape index (κ3) is 4.79. The zero-order valence-corrected chi connectivity index (χ0v) is 14.3. The number of nitrogens with zero attached hydrogens (tertiary/aromatic N) is 2. The molecule has 0 amide bonds. The SMILES string of the molecule is CC(C)CC1CN(Cc2ccccn2)C(C(C)(C)C)CN1. The van der Waals surface area contributed by atoms with E-state index in [-0.39, 0.29) is 5.41 Å². The second kappa shape index (κ2) is 6.89. The largest absolute Gasteiger partial charge is 0.311 e. The number of nitrogens with one attached hydrogen (secondary N) is 1. The van der Waals surface area contributed by atoms with Crippen LogP contribution in [0.2, 0.25) is 0 Å². The Bertz CT molecular complexity index is 422. The number of pyridine rings is 1. The van der Waals surface area contributed by atoms with Crippen LogP contribution >= 0.6 is 0 Å². The molecule has 118 valence electrons. The molecule has 1 fully saturated rings. The molecule has 2 rings (SSSR count). The average molecular weight is 289 g/mol. The molecule has 0 bridgehead atoms. The molecule has 0 aromatic carbocycles. The fourth-order valence-corrected chi connectivity index (χ4v) is 3.34. The van der Waals surface area contributed by atoms with Crippen molar-refractivity contribution in [1.29, 1.82) is 0 Å². The summed E-state index contributed by atoms with van der Waals surface area (Å²) in [5, 5.41) is 3.76. The molecule has 3 nitrogen and oxygen atoms in total. The van der Waals surface area contributed by atoms with E-state index >= 15 is 0 Å². The van der Waals surface area contributed by atoms with E-state index in [4.69, 9.17) is 0 Å². The van der Waals surface area contributed by atoms with Crippen LogP contribution in [0.15, 0.2) is 24.4 Å². The van der Waals surface area contributed by atoms with E-state index < -0.39 is 0 Å². The zero-order chi connectivity index (χ0) is 15.5. The van der Waals surface area contributed by atoms with Gasteiger partial charge in [0, 0.05) is 37.9 Å². The zero-order valence-electron chi connectivity index (χ0n) is 14.3. The van der Waals surface area contributed by atoms with Gasteiger partial charge in [0.25, 0.3) is 0 Å². The van der Waals surface area contributed by atoms with E-state index in [9.17, 15) is 0 Å². The Morgan fingerprint density at radius 2 is 2.10 bits per heavy atom. The first-order valence-corrected chi connectivity index (χ1v) is 8.23.